The molecule has 0 aliphatic carbocycles. The summed E-state index contributed by atoms with van der Waals surface area (Å²) in [5.41, 5.74) is -0.0362. The summed E-state index contributed by atoms with van der Waals surface area (Å²) >= 11 is 0. The van der Waals surface area contributed by atoms with Gasteiger partial charge in [-0.05, 0) is 37.0 Å². The molecule has 1 unspecified atom stereocenters. The Morgan fingerprint density at radius 1 is 1.06 bits per heavy atom. The first kappa shape index (κ1) is 24.3. The van der Waals surface area contributed by atoms with Gasteiger partial charge < -0.3 is 5.32 Å². The second-order valence-electron chi connectivity index (χ2n) is 7.93. The Kier molecular flexibility index (Phi) is 7.61. The zero-order valence-electron chi connectivity index (χ0n) is 17.8. The average molecular weight is 469 g/mol. The molecule has 0 aromatic heterocycles. The molecule has 1 aliphatic rings. The molecule has 1 atom stereocenters. The lowest BCUT2D eigenvalue weighted by atomic mass is 9.94. The lowest BCUT2D eigenvalue weighted by Gasteiger charge is -2.31. The SMILES string of the molecule is CCC(CNC(=O)C1CCN(S(=O)(=O)c2ccccc2C(F)(F)F)CC1)c1ccccc1. The summed E-state index contributed by atoms with van der Waals surface area (Å²) in [6.45, 7) is 2.54. The molecule has 1 fully saturated rings. The first-order valence-electron chi connectivity index (χ1n) is 10.6. The number of nitrogens with zero attached hydrogens (tertiary/aromatic N) is 1. The second-order valence-corrected chi connectivity index (χ2v) is 9.84. The topological polar surface area (TPSA) is 66.5 Å². The van der Waals surface area contributed by atoms with E-state index >= 15 is 0 Å². The van der Waals surface area contributed by atoms with E-state index in [0.717, 1.165) is 34.5 Å². The summed E-state index contributed by atoms with van der Waals surface area (Å²) in [5, 5.41) is 2.96. The van der Waals surface area contributed by atoms with Crippen LogP contribution < -0.4 is 5.32 Å². The van der Waals surface area contributed by atoms with Crippen LogP contribution in [0.5, 0.6) is 0 Å². The van der Waals surface area contributed by atoms with Crippen molar-refractivity contribution in [1.29, 1.82) is 0 Å². The van der Waals surface area contributed by atoms with Crippen molar-refractivity contribution in [3.63, 3.8) is 0 Å². The quantitative estimate of drug-likeness (QED) is 0.654. The van der Waals surface area contributed by atoms with E-state index in [1.54, 1.807) is 0 Å². The molecule has 0 radical (unpaired) electrons. The molecule has 0 saturated carbocycles. The van der Waals surface area contributed by atoms with Gasteiger partial charge in [0.2, 0.25) is 15.9 Å². The minimum atomic E-state index is -4.77. The maximum absolute atomic E-state index is 13.3. The highest BCUT2D eigenvalue weighted by atomic mass is 32.2. The van der Waals surface area contributed by atoms with Crippen molar-refractivity contribution in [2.75, 3.05) is 19.6 Å². The minimum absolute atomic E-state index is 0.00248. The molecule has 1 amide bonds. The van der Waals surface area contributed by atoms with E-state index in [1.165, 1.54) is 6.07 Å². The molecule has 0 spiro atoms. The molecular formula is C23H27F3N2O3S. The fourth-order valence-electron chi connectivity index (χ4n) is 4.01. The summed E-state index contributed by atoms with van der Waals surface area (Å²) < 4.78 is 66.6. The number of sulfonamides is 1. The zero-order chi connectivity index (χ0) is 23.4. The number of nitrogens with one attached hydrogen (secondary N) is 1. The summed E-state index contributed by atoms with van der Waals surface area (Å²) in [7, 11) is -4.31. The van der Waals surface area contributed by atoms with Crippen molar-refractivity contribution in [1.82, 2.24) is 9.62 Å². The number of alkyl halides is 3. The molecule has 3 rings (SSSR count). The standard InChI is InChI=1S/C23H27F3N2O3S/c1-2-17(18-8-4-3-5-9-18)16-27-22(29)19-12-14-28(15-13-19)32(30,31)21-11-7-6-10-20(21)23(24,25)26/h3-11,17,19H,2,12-16H2,1H3,(H,27,29). The second kappa shape index (κ2) is 10.0. The van der Waals surface area contributed by atoms with Crippen LogP contribution in [-0.4, -0.2) is 38.3 Å². The molecule has 9 heteroatoms. The molecule has 32 heavy (non-hydrogen) atoms. The summed E-state index contributed by atoms with van der Waals surface area (Å²) in [5.74, 6) is -0.334. The van der Waals surface area contributed by atoms with Gasteiger partial charge in [-0.2, -0.15) is 17.5 Å². The number of carbonyl (C=O) groups is 1. The summed E-state index contributed by atoms with van der Waals surface area (Å²) in [6.07, 6.45) is -3.38. The van der Waals surface area contributed by atoms with Crippen LogP contribution in [0.2, 0.25) is 0 Å². The Balaban J connectivity index is 1.61. The number of hydrogen-bond donors (Lipinski definition) is 1. The molecule has 5 nitrogen and oxygen atoms in total. The van der Waals surface area contributed by atoms with Gasteiger partial charge in [0.25, 0.3) is 0 Å². The predicted molar refractivity (Wildman–Crippen MR) is 115 cm³/mol. The fourth-order valence-corrected chi connectivity index (χ4v) is 5.70. The largest absolute Gasteiger partial charge is 0.417 e. The van der Waals surface area contributed by atoms with E-state index in [1.807, 2.05) is 37.3 Å². The lowest BCUT2D eigenvalue weighted by molar-refractivity contribution is -0.139. The van der Waals surface area contributed by atoms with Crippen molar-refractivity contribution < 1.29 is 26.4 Å². The Bertz CT molecular complexity index is 1020. The van der Waals surface area contributed by atoms with Crippen molar-refractivity contribution in [3.05, 3.63) is 65.7 Å². The van der Waals surface area contributed by atoms with E-state index in [2.05, 4.69) is 5.32 Å². The van der Waals surface area contributed by atoms with Gasteiger partial charge in [-0.25, -0.2) is 8.42 Å². The van der Waals surface area contributed by atoms with Crippen molar-refractivity contribution in [2.45, 2.75) is 43.2 Å². The smallest absolute Gasteiger partial charge is 0.355 e. The number of halogens is 3. The van der Waals surface area contributed by atoms with Crippen LogP contribution in [-0.2, 0) is 21.0 Å². The third-order valence-electron chi connectivity index (χ3n) is 5.92. The third kappa shape index (κ3) is 5.50. The van der Waals surface area contributed by atoms with Gasteiger partial charge in [0, 0.05) is 31.5 Å². The number of rotatable bonds is 7. The summed E-state index contributed by atoms with van der Waals surface area (Å²) in [4.78, 5) is 11.9. The molecular weight excluding hydrogens is 441 g/mol. The van der Waals surface area contributed by atoms with Crippen LogP contribution in [0.3, 0.4) is 0 Å². The third-order valence-corrected chi connectivity index (χ3v) is 7.88. The predicted octanol–water partition coefficient (Wildman–Crippen LogP) is 4.42. The first-order chi connectivity index (χ1) is 15.1. The Labute approximate surface area is 186 Å². The maximum atomic E-state index is 13.3. The molecule has 1 saturated heterocycles. The van der Waals surface area contributed by atoms with Crippen LogP contribution in [0.15, 0.2) is 59.5 Å². The van der Waals surface area contributed by atoms with Crippen molar-refractivity contribution in [3.8, 4) is 0 Å². The van der Waals surface area contributed by atoms with Crippen LogP contribution >= 0.6 is 0 Å². The Morgan fingerprint density at radius 3 is 2.25 bits per heavy atom. The van der Waals surface area contributed by atoms with Crippen LogP contribution in [0, 0.1) is 5.92 Å². The molecule has 1 N–H and O–H groups in total. The van der Waals surface area contributed by atoms with E-state index in [9.17, 15) is 26.4 Å². The highest BCUT2D eigenvalue weighted by molar-refractivity contribution is 7.89. The molecule has 1 heterocycles. The lowest BCUT2D eigenvalue weighted by Crippen LogP contribution is -2.43. The van der Waals surface area contributed by atoms with Gasteiger partial charge in [0.05, 0.1) is 10.5 Å². The van der Waals surface area contributed by atoms with Crippen LogP contribution in [0.4, 0.5) is 13.2 Å². The molecule has 174 valence electrons. The van der Waals surface area contributed by atoms with Gasteiger partial charge in [0.1, 0.15) is 0 Å². The number of carbonyl (C=O) groups excluding carboxylic acids is 1. The molecule has 2 aromatic carbocycles. The average Bonchev–Trinajstić information content (AvgIpc) is 2.79. The fraction of sp³-hybridized carbons (Fsp3) is 0.435. The van der Waals surface area contributed by atoms with Gasteiger partial charge in [-0.1, -0.05) is 49.4 Å². The monoisotopic (exact) mass is 468 g/mol. The van der Waals surface area contributed by atoms with Gasteiger partial charge in [-0.15, -0.1) is 0 Å². The molecule has 1 aliphatic heterocycles. The minimum Gasteiger partial charge on any atom is -0.355 e. The van der Waals surface area contributed by atoms with E-state index in [4.69, 9.17) is 0 Å². The highest BCUT2D eigenvalue weighted by Gasteiger charge is 2.40. The van der Waals surface area contributed by atoms with Gasteiger partial charge >= 0.3 is 6.18 Å². The Hall–Kier alpha value is -2.39. The maximum Gasteiger partial charge on any atom is 0.417 e. The molecule has 0 bridgehead atoms. The van der Waals surface area contributed by atoms with Crippen molar-refractivity contribution in [2.24, 2.45) is 5.92 Å². The number of amides is 1. The number of benzene rings is 2. The first-order valence-corrected chi connectivity index (χ1v) is 12.1. The van der Waals surface area contributed by atoms with Gasteiger partial charge in [0.15, 0.2) is 0 Å². The number of piperidine rings is 1. The van der Waals surface area contributed by atoms with Crippen molar-refractivity contribution >= 4 is 15.9 Å². The van der Waals surface area contributed by atoms with Crippen LogP contribution in [0.1, 0.15) is 43.2 Å². The normalized spacial score (nSPS) is 17.1. The van der Waals surface area contributed by atoms with Gasteiger partial charge in [-0.3, -0.25) is 4.79 Å². The molecule has 2 aromatic rings. The Morgan fingerprint density at radius 2 is 1.66 bits per heavy atom. The summed E-state index contributed by atoms with van der Waals surface area (Å²) in [6, 6.07) is 14.1. The number of hydrogen-bond acceptors (Lipinski definition) is 3. The van der Waals surface area contributed by atoms with Crippen LogP contribution in [0.25, 0.3) is 0 Å². The van der Waals surface area contributed by atoms with E-state index in [0.29, 0.717) is 6.54 Å². The highest BCUT2D eigenvalue weighted by Crippen LogP contribution is 2.36. The zero-order valence-corrected chi connectivity index (χ0v) is 18.6. The van der Waals surface area contributed by atoms with E-state index < -0.39 is 26.7 Å². The van der Waals surface area contributed by atoms with E-state index in [-0.39, 0.29) is 43.7 Å².